The maximum absolute atomic E-state index is 11.4. The first kappa shape index (κ1) is 13.0. The molecule has 0 atom stereocenters. The number of rotatable bonds is 5. The molecule has 0 N–H and O–H groups in total. The van der Waals surface area contributed by atoms with Crippen LogP contribution in [0, 0.1) is 0 Å². The lowest BCUT2D eigenvalue weighted by atomic mass is 10.2. The first-order valence-electron chi connectivity index (χ1n) is 5.28. The van der Waals surface area contributed by atoms with Crippen LogP contribution in [-0.4, -0.2) is 18.5 Å². The second-order valence-electron chi connectivity index (χ2n) is 3.29. The van der Waals surface area contributed by atoms with Gasteiger partial charge in [0.2, 0.25) is 0 Å². The van der Waals surface area contributed by atoms with Crippen molar-refractivity contribution in [1.82, 2.24) is 0 Å². The second kappa shape index (κ2) is 6.48. The molecular weight excluding hydrogens is 220 g/mol. The molecule has 0 unspecified atom stereocenters. The summed E-state index contributed by atoms with van der Waals surface area (Å²) in [6.45, 7) is 5.60. The van der Waals surface area contributed by atoms with Crippen LogP contribution in [0.4, 0.5) is 0 Å². The fraction of sp³-hybridized carbons (Fsp3) is 0.231. The van der Waals surface area contributed by atoms with Crippen LogP contribution >= 0.6 is 0 Å². The van der Waals surface area contributed by atoms with Crippen LogP contribution in [0.1, 0.15) is 23.7 Å². The van der Waals surface area contributed by atoms with E-state index in [2.05, 4.69) is 6.58 Å². The van der Waals surface area contributed by atoms with Crippen LogP contribution < -0.4 is 4.74 Å². The van der Waals surface area contributed by atoms with E-state index in [-0.39, 0.29) is 5.97 Å². The molecule has 0 fully saturated rings. The van der Waals surface area contributed by atoms with E-state index in [0.717, 1.165) is 12.5 Å². The summed E-state index contributed by atoms with van der Waals surface area (Å²) in [6.07, 6.45) is 1.85. The van der Waals surface area contributed by atoms with Crippen molar-refractivity contribution < 1.29 is 19.1 Å². The second-order valence-corrected chi connectivity index (χ2v) is 3.29. The van der Waals surface area contributed by atoms with Crippen molar-refractivity contribution in [2.24, 2.45) is 0 Å². The van der Waals surface area contributed by atoms with Crippen molar-refractivity contribution in [3.8, 4) is 5.75 Å². The average Bonchev–Trinajstić information content (AvgIpc) is 2.36. The first-order valence-corrected chi connectivity index (χ1v) is 5.28. The van der Waals surface area contributed by atoms with E-state index in [1.807, 2.05) is 6.92 Å². The molecule has 0 radical (unpaired) electrons. The van der Waals surface area contributed by atoms with Crippen LogP contribution in [0.25, 0.3) is 0 Å². The Morgan fingerprint density at radius 1 is 1.29 bits per heavy atom. The zero-order chi connectivity index (χ0) is 12.7. The molecule has 90 valence electrons. The molecule has 0 aliphatic rings. The predicted molar refractivity (Wildman–Crippen MR) is 62.8 cm³/mol. The summed E-state index contributed by atoms with van der Waals surface area (Å²) >= 11 is 0. The lowest BCUT2D eigenvalue weighted by Gasteiger charge is -2.04. The third kappa shape index (κ3) is 4.10. The molecule has 0 aliphatic carbocycles. The molecule has 1 aromatic carbocycles. The molecule has 0 heterocycles. The number of hydrogen-bond acceptors (Lipinski definition) is 4. The van der Waals surface area contributed by atoms with Gasteiger partial charge in [0.1, 0.15) is 5.75 Å². The van der Waals surface area contributed by atoms with Crippen molar-refractivity contribution in [2.75, 3.05) is 6.61 Å². The Bertz CT molecular complexity index is 406. The minimum Gasteiger partial charge on any atom is -0.462 e. The first-order chi connectivity index (χ1) is 8.17. The molecule has 0 bridgehead atoms. The Balaban J connectivity index is 2.64. The van der Waals surface area contributed by atoms with E-state index in [0.29, 0.717) is 17.9 Å². The minimum atomic E-state index is -0.536. The quantitative estimate of drug-likeness (QED) is 0.446. The van der Waals surface area contributed by atoms with E-state index in [1.165, 1.54) is 12.1 Å². The van der Waals surface area contributed by atoms with E-state index in [1.54, 1.807) is 12.1 Å². The lowest BCUT2D eigenvalue weighted by Crippen LogP contribution is -2.06. The summed E-state index contributed by atoms with van der Waals surface area (Å²) in [5.41, 5.74) is 0.428. The zero-order valence-corrected chi connectivity index (χ0v) is 9.64. The number of carbonyl (C=O) groups is 2. The van der Waals surface area contributed by atoms with Gasteiger partial charge in [-0.3, -0.25) is 0 Å². The Kier molecular flexibility index (Phi) is 4.94. The van der Waals surface area contributed by atoms with Gasteiger partial charge < -0.3 is 9.47 Å². The third-order valence-electron chi connectivity index (χ3n) is 1.91. The van der Waals surface area contributed by atoms with E-state index in [9.17, 15) is 9.59 Å². The summed E-state index contributed by atoms with van der Waals surface area (Å²) in [7, 11) is 0. The Morgan fingerprint density at radius 2 is 1.94 bits per heavy atom. The molecule has 0 spiro atoms. The summed E-state index contributed by atoms with van der Waals surface area (Å²) < 4.78 is 9.83. The summed E-state index contributed by atoms with van der Waals surface area (Å²) in [5.74, 6) is -0.554. The van der Waals surface area contributed by atoms with Gasteiger partial charge in [0.15, 0.2) is 0 Å². The number of carbonyl (C=O) groups excluding carboxylic acids is 2. The van der Waals surface area contributed by atoms with E-state index >= 15 is 0 Å². The van der Waals surface area contributed by atoms with Gasteiger partial charge in [0, 0.05) is 6.08 Å². The van der Waals surface area contributed by atoms with Crippen molar-refractivity contribution in [1.29, 1.82) is 0 Å². The highest BCUT2D eigenvalue weighted by molar-refractivity contribution is 5.89. The standard InChI is InChI=1S/C13H14O4/c1-3-9-16-13(15)10-5-7-11(8-6-10)17-12(14)4-2/h4-8H,2-3,9H2,1H3. The van der Waals surface area contributed by atoms with Crippen LogP contribution in [-0.2, 0) is 9.53 Å². The van der Waals surface area contributed by atoms with Gasteiger partial charge in [-0.2, -0.15) is 0 Å². The molecule has 0 saturated heterocycles. The predicted octanol–water partition coefficient (Wildman–Crippen LogP) is 2.34. The maximum atomic E-state index is 11.4. The highest BCUT2D eigenvalue weighted by atomic mass is 16.5. The fourth-order valence-corrected chi connectivity index (χ4v) is 1.09. The molecule has 17 heavy (non-hydrogen) atoms. The summed E-state index contributed by atoms with van der Waals surface area (Å²) in [5, 5.41) is 0. The highest BCUT2D eigenvalue weighted by Gasteiger charge is 2.07. The highest BCUT2D eigenvalue weighted by Crippen LogP contribution is 2.13. The van der Waals surface area contributed by atoms with Crippen LogP contribution in [0.15, 0.2) is 36.9 Å². The van der Waals surface area contributed by atoms with Crippen molar-refractivity contribution in [3.63, 3.8) is 0 Å². The van der Waals surface area contributed by atoms with Gasteiger partial charge in [-0.05, 0) is 30.7 Å². The minimum absolute atomic E-state index is 0.363. The Hall–Kier alpha value is -2.10. The van der Waals surface area contributed by atoms with Gasteiger partial charge in [-0.15, -0.1) is 0 Å². The normalized spacial score (nSPS) is 9.47. The van der Waals surface area contributed by atoms with E-state index < -0.39 is 5.97 Å². The topological polar surface area (TPSA) is 52.6 Å². The molecule has 4 nitrogen and oxygen atoms in total. The zero-order valence-electron chi connectivity index (χ0n) is 9.64. The number of hydrogen-bond donors (Lipinski definition) is 0. The van der Waals surface area contributed by atoms with Gasteiger partial charge in [0.05, 0.1) is 12.2 Å². The average molecular weight is 234 g/mol. The van der Waals surface area contributed by atoms with Crippen LogP contribution in [0.5, 0.6) is 5.75 Å². The monoisotopic (exact) mass is 234 g/mol. The van der Waals surface area contributed by atoms with Gasteiger partial charge in [-0.1, -0.05) is 13.5 Å². The molecule has 0 aliphatic heterocycles. The maximum Gasteiger partial charge on any atom is 0.338 e. The number of benzene rings is 1. The van der Waals surface area contributed by atoms with Gasteiger partial charge >= 0.3 is 11.9 Å². The number of ether oxygens (including phenoxy) is 2. The van der Waals surface area contributed by atoms with Crippen molar-refractivity contribution in [2.45, 2.75) is 13.3 Å². The Labute approximate surface area is 99.8 Å². The molecule has 0 saturated carbocycles. The molecule has 1 rings (SSSR count). The Morgan fingerprint density at radius 3 is 2.47 bits per heavy atom. The molecule has 0 aromatic heterocycles. The van der Waals surface area contributed by atoms with Gasteiger partial charge in [0.25, 0.3) is 0 Å². The fourth-order valence-electron chi connectivity index (χ4n) is 1.09. The number of esters is 2. The van der Waals surface area contributed by atoms with Crippen LogP contribution in [0.2, 0.25) is 0 Å². The SMILES string of the molecule is C=CC(=O)Oc1ccc(C(=O)OCCC)cc1. The van der Waals surface area contributed by atoms with Crippen molar-refractivity contribution >= 4 is 11.9 Å². The van der Waals surface area contributed by atoms with E-state index in [4.69, 9.17) is 9.47 Å². The molecule has 1 aromatic rings. The lowest BCUT2D eigenvalue weighted by molar-refractivity contribution is -0.128. The largest absolute Gasteiger partial charge is 0.462 e. The summed E-state index contributed by atoms with van der Waals surface area (Å²) in [4.78, 5) is 22.4. The van der Waals surface area contributed by atoms with Crippen molar-refractivity contribution in [3.05, 3.63) is 42.5 Å². The smallest absolute Gasteiger partial charge is 0.338 e. The third-order valence-corrected chi connectivity index (χ3v) is 1.91. The molecular formula is C13H14O4. The molecule has 4 heteroatoms. The van der Waals surface area contributed by atoms with Gasteiger partial charge in [-0.25, -0.2) is 9.59 Å². The van der Waals surface area contributed by atoms with Crippen LogP contribution in [0.3, 0.4) is 0 Å². The molecule has 0 amide bonds. The summed E-state index contributed by atoms with van der Waals surface area (Å²) in [6, 6.07) is 6.15.